The molecule has 0 N–H and O–H groups in total. The fourth-order valence-electron chi connectivity index (χ4n) is 5.74. The summed E-state index contributed by atoms with van der Waals surface area (Å²) in [5.74, 6) is 0. The fourth-order valence-corrected chi connectivity index (χ4v) is 5.74. The lowest BCUT2D eigenvalue weighted by molar-refractivity contribution is 0.00578. The second kappa shape index (κ2) is 8.59. The van der Waals surface area contributed by atoms with Crippen LogP contribution in [0.15, 0.2) is 113 Å². The Morgan fingerprint density at radius 3 is 2.00 bits per heavy atom. The number of nitrogens with zero attached hydrogens (tertiary/aromatic N) is 1. The second-order valence-electron chi connectivity index (χ2n) is 11.6. The molecule has 0 spiro atoms. The van der Waals surface area contributed by atoms with Gasteiger partial charge < -0.3 is 18.3 Å². The molecule has 4 nitrogen and oxygen atoms in total. The number of aromatic nitrogens is 1. The van der Waals surface area contributed by atoms with E-state index in [1.165, 1.54) is 12.1 Å². The summed E-state index contributed by atoms with van der Waals surface area (Å²) in [5.41, 5.74) is 4.04. The largest absolute Gasteiger partial charge is 0.494 e. The molecule has 1 saturated heterocycles. The van der Waals surface area contributed by atoms with Gasteiger partial charge in [-0.3, -0.25) is 0 Å². The van der Waals surface area contributed by atoms with Crippen molar-refractivity contribution in [3.63, 3.8) is 0 Å². The SMILES string of the molecule is [2H]c1cc([2H])c2c(c1[2H])c1c([2H])c([2H])cc([2H])c1n2-c1cc(-c2ccccc2)c2oc3cc(B4OC(C)(C)C(C)(C)O4)ccc3c2c1. The van der Waals surface area contributed by atoms with Gasteiger partial charge in [-0.1, -0.05) is 78.8 Å². The number of furan rings is 1. The number of hydrogen-bond donors (Lipinski definition) is 0. The summed E-state index contributed by atoms with van der Waals surface area (Å²) in [5, 5.41) is 2.09. The van der Waals surface area contributed by atoms with E-state index in [4.69, 9.17) is 22.0 Å². The average Bonchev–Trinajstić information content (AvgIpc) is 3.65. The third-order valence-electron chi connectivity index (χ3n) is 8.58. The molecule has 0 bridgehead atoms. The highest BCUT2D eigenvalue weighted by molar-refractivity contribution is 6.62. The summed E-state index contributed by atoms with van der Waals surface area (Å²) in [6.07, 6.45) is 0. The Morgan fingerprint density at radius 1 is 0.683 bits per heavy atom. The van der Waals surface area contributed by atoms with Crippen LogP contribution in [-0.2, 0) is 9.31 Å². The molecule has 0 saturated carbocycles. The van der Waals surface area contributed by atoms with Crippen LogP contribution in [0.3, 0.4) is 0 Å². The first kappa shape index (κ1) is 18.9. The summed E-state index contributed by atoms with van der Waals surface area (Å²) in [4.78, 5) is 0. The van der Waals surface area contributed by atoms with E-state index in [1.54, 1.807) is 4.57 Å². The highest BCUT2D eigenvalue weighted by Crippen LogP contribution is 2.41. The molecular formula is C36H30BNO3. The molecular weight excluding hydrogens is 505 g/mol. The summed E-state index contributed by atoms with van der Waals surface area (Å²) in [6.45, 7) is 8.07. The topological polar surface area (TPSA) is 36.5 Å². The lowest BCUT2D eigenvalue weighted by atomic mass is 9.79. The quantitative estimate of drug-likeness (QED) is 0.210. The summed E-state index contributed by atoms with van der Waals surface area (Å²) in [6, 6.07) is 21.6. The van der Waals surface area contributed by atoms with Gasteiger partial charge in [0.15, 0.2) is 0 Å². The van der Waals surface area contributed by atoms with Gasteiger partial charge >= 0.3 is 7.12 Å². The summed E-state index contributed by atoms with van der Waals surface area (Å²) in [7, 11) is -0.563. The van der Waals surface area contributed by atoms with E-state index in [0.29, 0.717) is 27.9 Å². The van der Waals surface area contributed by atoms with E-state index in [2.05, 4.69) is 0 Å². The maximum atomic E-state index is 8.93. The van der Waals surface area contributed by atoms with Gasteiger partial charge in [-0.25, -0.2) is 0 Å². The average molecular weight is 541 g/mol. The van der Waals surface area contributed by atoms with Gasteiger partial charge in [0, 0.05) is 32.8 Å². The summed E-state index contributed by atoms with van der Waals surface area (Å²) < 4.78 is 73.1. The van der Waals surface area contributed by atoms with Crippen LogP contribution in [0.2, 0.25) is 0 Å². The standard InChI is InChI=1S/C36H30BNO3/c1-35(2)36(3,4)41-37(40-35)24-18-19-28-30-22-25(21-29(23-12-6-5-7-13-23)34(30)39-33(28)20-24)38-31-16-10-8-14-26(31)27-15-9-11-17-32(27)38/h5-22H,1-4H3/i8D,9D,14D,15D,16D,17D. The third kappa shape index (κ3) is 3.63. The number of benzene rings is 5. The van der Waals surface area contributed by atoms with E-state index >= 15 is 0 Å². The van der Waals surface area contributed by atoms with Crippen LogP contribution in [0.25, 0.3) is 60.6 Å². The Morgan fingerprint density at radius 2 is 1.34 bits per heavy atom. The number of fused-ring (bicyclic) bond motifs is 6. The van der Waals surface area contributed by atoms with Crippen molar-refractivity contribution in [2.24, 2.45) is 0 Å². The highest BCUT2D eigenvalue weighted by atomic mass is 16.7. The maximum absolute atomic E-state index is 8.93. The first-order valence-electron chi connectivity index (χ1n) is 16.7. The fraction of sp³-hybridized carbons (Fsp3) is 0.167. The first-order chi connectivity index (χ1) is 22.3. The van der Waals surface area contributed by atoms with Crippen molar-refractivity contribution >= 4 is 56.3 Å². The van der Waals surface area contributed by atoms with Crippen LogP contribution < -0.4 is 5.46 Å². The lowest BCUT2D eigenvalue weighted by Crippen LogP contribution is -2.41. The Balaban J connectivity index is 1.46. The Hall–Kier alpha value is -4.32. The molecule has 2 aromatic heterocycles. The minimum Gasteiger partial charge on any atom is -0.455 e. The van der Waals surface area contributed by atoms with Gasteiger partial charge in [0.2, 0.25) is 0 Å². The molecule has 7 aromatic rings. The van der Waals surface area contributed by atoms with Crippen LogP contribution >= 0.6 is 0 Å². The molecule has 5 heteroatoms. The van der Waals surface area contributed by atoms with Crippen molar-refractivity contribution < 1.29 is 22.0 Å². The predicted molar refractivity (Wildman–Crippen MR) is 169 cm³/mol. The van der Waals surface area contributed by atoms with E-state index in [1.807, 2.05) is 88.4 Å². The van der Waals surface area contributed by atoms with Gasteiger partial charge in [-0.15, -0.1) is 0 Å². The van der Waals surface area contributed by atoms with Crippen molar-refractivity contribution in [2.75, 3.05) is 0 Å². The molecule has 1 aliphatic heterocycles. The van der Waals surface area contributed by atoms with E-state index in [0.717, 1.165) is 27.4 Å². The van der Waals surface area contributed by atoms with Crippen LogP contribution in [0.5, 0.6) is 0 Å². The van der Waals surface area contributed by atoms with Crippen molar-refractivity contribution in [3.05, 3.63) is 109 Å². The second-order valence-corrected chi connectivity index (χ2v) is 11.6. The van der Waals surface area contributed by atoms with Crippen LogP contribution in [-0.4, -0.2) is 22.9 Å². The number of hydrogen-bond acceptors (Lipinski definition) is 3. The minimum absolute atomic E-state index is 0.00649. The predicted octanol–water partition coefficient (Wildman–Crippen LogP) is 8.65. The zero-order valence-electron chi connectivity index (χ0n) is 29.2. The van der Waals surface area contributed by atoms with Crippen LogP contribution in [0.4, 0.5) is 0 Å². The zero-order chi connectivity index (χ0) is 33.2. The van der Waals surface area contributed by atoms with Crippen LogP contribution in [0.1, 0.15) is 35.9 Å². The molecule has 0 radical (unpaired) electrons. The molecule has 200 valence electrons. The van der Waals surface area contributed by atoms with E-state index in [9.17, 15) is 0 Å². The molecule has 0 unspecified atom stereocenters. The minimum atomic E-state index is -0.563. The Bertz CT molecular complexity index is 2360. The van der Waals surface area contributed by atoms with Gasteiger partial charge in [0.1, 0.15) is 11.2 Å². The van der Waals surface area contributed by atoms with E-state index < -0.39 is 18.3 Å². The molecule has 0 amide bonds. The van der Waals surface area contributed by atoms with Gasteiger partial charge in [-0.2, -0.15) is 0 Å². The smallest absolute Gasteiger partial charge is 0.455 e. The third-order valence-corrected chi connectivity index (χ3v) is 8.58. The van der Waals surface area contributed by atoms with Crippen molar-refractivity contribution in [3.8, 4) is 16.8 Å². The normalized spacial score (nSPS) is 18.5. The van der Waals surface area contributed by atoms with Crippen LogP contribution in [0, 0.1) is 0 Å². The molecule has 3 heterocycles. The molecule has 41 heavy (non-hydrogen) atoms. The molecule has 1 fully saturated rings. The monoisotopic (exact) mass is 541 g/mol. The van der Waals surface area contributed by atoms with Crippen molar-refractivity contribution in [1.82, 2.24) is 4.57 Å². The van der Waals surface area contributed by atoms with Gasteiger partial charge in [0.25, 0.3) is 0 Å². The number of para-hydroxylation sites is 2. The summed E-state index contributed by atoms with van der Waals surface area (Å²) >= 11 is 0. The van der Waals surface area contributed by atoms with Gasteiger partial charge in [0.05, 0.1) is 30.5 Å². The maximum Gasteiger partial charge on any atom is 0.494 e. The molecule has 5 aromatic carbocycles. The molecule has 1 aliphatic rings. The van der Waals surface area contributed by atoms with Crippen molar-refractivity contribution in [1.29, 1.82) is 0 Å². The molecule has 8 rings (SSSR count). The zero-order valence-corrected chi connectivity index (χ0v) is 23.2. The first-order valence-corrected chi connectivity index (χ1v) is 13.7. The lowest BCUT2D eigenvalue weighted by Gasteiger charge is -2.32. The Labute approximate surface area is 247 Å². The van der Waals surface area contributed by atoms with E-state index in [-0.39, 0.29) is 47.0 Å². The Kier molecular flexibility index (Phi) is 3.97. The number of rotatable bonds is 3. The molecule has 0 atom stereocenters. The highest BCUT2D eigenvalue weighted by Gasteiger charge is 2.51. The van der Waals surface area contributed by atoms with Crippen molar-refractivity contribution in [2.45, 2.75) is 38.9 Å². The molecule has 0 aliphatic carbocycles. The van der Waals surface area contributed by atoms with Gasteiger partial charge in [-0.05, 0) is 69.0 Å².